The summed E-state index contributed by atoms with van der Waals surface area (Å²) >= 11 is 0. The molecule has 2 bridgehead atoms. The van der Waals surface area contributed by atoms with E-state index in [1.54, 1.807) is 0 Å². The van der Waals surface area contributed by atoms with Crippen molar-refractivity contribution >= 4 is 51.7 Å². The topological polar surface area (TPSA) is 243 Å². The van der Waals surface area contributed by atoms with E-state index in [0.717, 1.165) is 125 Å². The Morgan fingerprint density at radius 3 is 1.34 bits per heavy atom. The number of Topliss-reactive ketones (excluding diaryl/α,β-unsaturated/α-hetero) is 4. The maximum absolute atomic E-state index is 13.1. The average Bonchev–Trinajstić information content (AvgIpc) is 1.50. The van der Waals surface area contributed by atoms with E-state index in [0.29, 0.717) is 148 Å². The number of hydrogen-bond donors (Lipinski definition) is 0. The van der Waals surface area contributed by atoms with Gasteiger partial charge in [-0.2, -0.15) is 0 Å². The van der Waals surface area contributed by atoms with E-state index in [1.807, 2.05) is 0 Å². The summed E-state index contributed by atoms with van der Waals surface area (Å²) in [6.07, 6.45) is 36.4. The van der Waals surface area contributed by atoms with Gasteiger partial charge in [0.2, 0.25) is 0 Å². The van der Waals surface area contributed by atoms with Gasteiger partial charge in [0.1, 0.15) is 23.1 Å². The van der Waals surface area contributed by atoms with Crippen LogP contribution in [0.25, 0.3) is 0 Å². The van der Waals surface area contributed by atoms with Gasteiger partial charge < -0.3 is 56.2 Å². The fraction of sp³-hybridized carbons (Fsp3) is 0.923. The lowest BCUT2D eigenvalue weighted by Gasteiger charge is -2.36. The molecule has 19 fully saturated rings. The number of carbonyl (C=O) groups is 6. The van der Waals surface area contributed by atoms with E-state index in [9.17, 15) is 28.8 Å². The first-order valence-corrected chi connectivity index (χ1v) is 45.6. The SMILES string of the molecule is C.C.C1C2OC2C2C1C1CC2C2OC12.CCCCC(OC(=O)C1CCC2OC2C1)C(=O)OCC1CCC2OC2C1.C[Si](C)(CCC1CCC2OC2C1)O[Si](C)(C)CCC1CCC2OC2C1.O=C(CC(=O)C1CC2OC2CC1C(=O)CC(=O)CC1CCC2OC2C1)CC1CCC2OC2C1. The number of ketones is 4. The van der Waals surface area contributed by atoms with Crippen LogP contribution in [0, 0.1) is 71.0 Å². The van der Waals surface area contributed by atoms with Crippen molar-refractivity contribution in [2.75, 3.05) is 6.61 Å². The van der Waals surface area contributed by atoms with Crippen LogP contribution in [0.4, 0.5) is 0 Å². The highest BCUT2D eigenvalue weighted by atomic mass is 28.4. The molecule has 550 valence electrons. The zero-order valence-electron chi connectivity index (χ0n) is 58.3. The monoisotopic (exact) mass is 1400 g/mol. The predicted octanol–water partition coefficient (Wildman–Crippen LogP) is 12.9. The van der Waals surface area contributed by atoms with Crippen molar-refractivity contribution in [2.45, 2.75) is 375 Å². The summed E-state index contributed by atoms with van der Waals surface area (Å²) < 4.78 is 68.5. The van der Waals surface area contributed by atoms with E-state index in [2.05, 4.69) is 33.1 Å². The summed E-state index contributed by atoms with van der Waals surface area (Å²) in [5.41, 5.74) is 0. The van der Waals surface area contributed by atoms with Crippen LogP contribution in [0.15, 0.2) is 0 Å². The molecule has 0 aromatic heterocycles. The second kappa shape index (κ2) is 29.9. The molecule has 0 spiro atoms. The lowest BCUT2D eigenvalue weighted by molar-refractivity contribution is -0.172. The summed E-state index contributed by atoms with van der Waals surface area (Å²) in [5.74, 6) is 4.46. The summed E-state index contributed by atoms with van der Waals surface area (Å²) in [5, 5.41) is 0. The number of rotatable bonds is 26. The number of fused-ring (bicyclic) bond motifs is 17. The lowest BCUT2D eigenvalue weighted by atomic mass is 9.72. The standard InChI is InChI=1S/C26H34O7.C20H30O6.C20H38O3Si2.C10H12O2.2CH4/c27-15(5-13-1-3-21-23(7-13)31-21)9-19(29)17-11-25-26(33-25)12-18(17)20(30)10-16(28)6-14-2-4-22-24(8-14)32-22;1-2-3-4-16(26-19(21)13-6-8-15-18(10-13)25-15)20(22)23-11-12-5-7-14-17(9-12)24-14;1-24(2,11-9-15-5-7-17-19(13-15)21-17)23-25(3,4)12-10-16-6-8-18-20(14-16)22-18;1-4-3-2-6-10(11-6)7(3)5(1)9-8(4)12-9;;/h13-14,17-18,21-26H,1-12H2;12-18H,2-11H2,1H3;15-20H,5-14H2,1-4H3;3-10H,1-2H2;2*1H4. The Morgan fingerprint density at radius 1 is 0.418 bits per heavy atom. The van der Waals surface area contributed by atoms with Crippen LogP contribution in [0.1, 0.15) is 221 Å². The van der Waals surface area contributed by atoms with Gasteiger partial charge in [-0.05, 0) is 246 Å². The van der Waals surface area contributed by atoms with E-state index in [4.69, 9.17) is 56.2 Å². The fourth-order valence-corrected chi connectivity index (χ4v) is 30.4. The van der Waals surface area contributed by atoms with Crippen molar-refractivity contribution in [3.63, 3.8) is 0 Å². The Hall–Kier alpha value is -2.35. The molecule has 31 atom stereocenters. The van der Waals surface area contributed by atoms with Crippen molar-refractivity contribution in [2.24, 2.45) is 71.0 Å². The molecule has 19 aliphatic rings. The molecule has 0 radical (unpaired) electrons. The highest BCUT2D eigenvalue weighted by Crippen LogP contribution is 2.69. The molecule has 9 heterocycles. The third-order valence-corrected chi connectivity index (χ3v) is 34.7. The molecule has 0 aromatic carbocycles. The molecule has 9 aliphatic heterocycles. The van der Waals surface area contributed by atoms with Gasteiger partial charge in [-0.25, -0.2) is 4.79 Å². The second-order valence-electron chi connectivity index (χ2n) is 35.5. The molecule has 18 nitrogen and oxygen atoms in total. The van der Waals surface area contributed by atoms with Crippen molar-refractivity contribution in [1.82, 2.24) is 0 Å². The van der Waals surface area contributed by atoms with Gasteiger partial charge in [-0.3, -0.25) is 24.0 Å². The van der Waals surface area contributed by atoms with E-state index in [1.165, 1.54) is 76.3 Å². The smallest absolute Gasteiger partial charge is 0.347 e. The minimum absolute atomic E-state index is 0. The summed E-state index contributed by atoms with van der Waals surface area (Å²) in [6.45, 7) is 12.3. The molecule has 0 N–H and O–H groups in total. The van der Waals surface area contributed by atoms with Gasteiger partial charge in [-0.15, -0.1) is 0 Å². The Balaban J connectivity index is 0.000000115. The summed E-state index contributed by atoms with van der Waals surface area (Å²) in [7, 11) is -3.05. The zero-order chi connectivity index (χ0) is 65.9. The minimum atomic E-state index is -1.53. The molecule has 10 saturated carbocycles. The number of ether oxygens (including phenoxy) is 11. The fourth-order valence-electron chi connectivity index (χ4n) is 21.3. The molecule has 9 saturated heterocycles. The Morgan fingerprint density at radius 2 is 0.847 bits per heavy atom. The first kappa shape index (κ1) is 72.6. The van der Waals surface area contributed by atoms with Gasteiger partial charge in [0.25, 0.3) is 0 Å². The van der Waals surface area contributed by atoms with E-state index in [-0.39, 0.29) is 87.0 Å². The highest BCUT2D eigenvalue weighted by molar-refractivity contribution is 6.84. The third kappa shape index (κ3) is 17.8. The zero-order valence-corrected chi connectivity index (χ0v) is 60.3. The van der Waals surface area contributed by atoms with Crippen LogP contribution >= 0.6 is 0 Å². The molecule has 20 heteroatoms. The number of unbranched alkanes of at least 4 members (excludes halogenated alkanes) is 1. The maximum Gasteiger partial charge on any atom is 0.347 e. The second-order valence-corrected chi connectivity index (χ2v) is 44.3. The first-order valence-electron chi connectivity index (χ1n) is 39.3. The molecule has 0 aromatic rings. The average molecular weight is 1400 g/mol. The largest absolute Gasteiger partial charge is 0.463 e. The van der Waals surface area contributed by atoms with Crippen molar-refractivity contribution < 1.29 is 85.0 Å². The quantitative estimate of drug-likeness (QED) is 0.0338. The Labute approximate surface area is 586 Å². The van der Waals surface area contributed by atoms with Crippen molar-refractivity contribution in [3.8, 4) is 0 Å². The molecule has 31 unspecified atom stereocenters. The molecular weight excluding hydrogens is 1280 g/mol. The van der Waals surface area contributed by atoms with Crippen molar-refractivity contribution in [1.29, 1.82) is 0 Å². The number of epoxide rings is 9. The highest BCUT2D eigenvalue weighted by Gasteiger charge is 2.74. The van der Waals surface area contributed by atoms with Crippen LogP contribution < -0.4 is 0 Å². The third-order valence-electron chi connectivity index (χ3n) is 27.3. The van der Waals surface area contributed by atoms with Crippen LogP contribution in [-0.4, -0.2) is 174 Å². The van der Waals surface area contributed by atoms with Crippen LogP contribution in [0.3, 0.4) is 0 Å². The predicted molar refractivity (Wildman–Crippen MR) is 369 cm³/mol. The van der Waals surface area contributed by atoms with Gasteiger partial charge in [0.15, 0.2) is 22.7 Å². The van der Waals surface area contributed by atoms with Crippen LogP contribution in [-0.2, 0) is 85.0 Å². The molecule has 0 amide bonds. The summed E-state index contributed by atoms with van der Waals surface area (Å²) in [6, 6.07) is 2.68. The van der Waals surface area contributed by atoms with Gasteiger partial charge >= 0.3 is 11.9 Å². The Kier molecular flexibility index (Phi) is 22.1. The molecule has 98 heavy (non-hydrogen) atoms. The minimum Gasteiger partial charge on any atom is -0.463 e. The van der Waals surface area contributed by atoms with Crippen LogP contribution in [0.5, 0.6) is 0 Å². The van der Waals surface area contributed by atoms with Crippen molar-refractivity contribution in [3.05, 3.63) is 0 Å². The normalized spacial score (nSPS) is 45.3. The van der Waals surface area contributed by atoms with Gasteiger partial charge in [0, 0.05) is 24.7 Å². The van der Waals surface area contributed by atoms with Gasteiger partial charge in [0.05, 0.1) is 135 Å². The van der Waals surface area contributed by atoms with E-state index >= 15 is 0 Å². The Bertz CT molecular complexity index is 2760. The molecule has 19 rings (SSSR count). The first-order chi connectivity index (χ1) is 46.3. The number of carbonyl (C=O) groups excluding carboxylic acids is 6. The molecule has 10 aliphatic carbocycles. The molecular formula is C78H122O18Si2. The lowest BCUT2D eigenvalue weighted by Crippen LogP contribution is -2.44. The van der Waals surface area contributed by atoms with E-state index < -0.39 is 34.6 Å². The van der Waals surface area contributed by atoms with Crippen LogP contribution in [0.2, 0.25) is 38.3 Å². The van der Waals surface area contributed by atoms with Gasteiger partial charge in [-0.1, -0.05) is 41.0 Å². The maximum atomic E-state index is 13.1. The summed E-state index contributed by atoms with van der Waals surface area (Å²) in [4.78, 5) is 76.5. The number of hydrogen-bond acceptors (Lipinski definition) is 18. The number of esters is 2.